The predicted octanol–water partition coefficient (Wildman–Crippen LogP) is 7.04. The van der Waals surface area contributed by atoms with Gasteiger partial charge in [-0.2, -0.15) is 5.10 Å². The predicted molar refractivity (Wildman–Crippen MR) is 155 cm³/mol. The number of carbonyl (C=O) groups is 1. The van der Waals surface area contributed by atoms with Gasteiger partial charge < -0.3 is 4.74 Å². The van der Waals surface area contributed by atoms with Crippen molar-refractivity contribution in [1.82, 2.24) is 14.7 Å². The first-order valence-corrected chi connectivity index (χ1v) is 13.3. The van der Waals surface area contributed by atoms with Crippen LogP contribution >= 0.6 is 24.0 Å². The number of aromatic nitrogens is 2. The highest BCUT2D eigenvalue weighted by molar-refractivity contribution is 8.26. The van der Waals surface area contributed by atoms with E-state index in [1.54, 1.807) is 4.90 Å². The van der Waals surface area contributed by atoms with E-state index >= 15 is 0 Å². The van der Waals surface area contributed by atoms with Crippen molar-refractivity contribution in [3.8, 4) is 22.7 Å². The van der Waals surface area contributed by atoms with E-state index in [0.717, 1.165) is 39.4 Å². The van der Waals surface area contributed by atoms with Gasteiger partial charge in [-0.15, -0.1) is 0 Å². The van der Waals surface area contributed by atoms with Crippen LogP contribution in [0.1, 0.15) is 30.5 Å². The highest BCUT2D eigenvalue weighted by Gasteiger charge is 2.32. The summed E-state index contributed by atoms with van der Waals surface area (Å²) in [7, 11) is 0. The van der Waals surface area contributed by atoms with Crippen LogP contribution in [0.3, 0.4) is 0 Å². The molecular formula is C30H27N3O2S2. The van der Waals surface area contributed by atoms with Gasteiger partial charge in [0.1, 0.15) is 15.8 Å². The smallest absolute Gasteiger partial charge is 0.266 e. The van der Waals surface area contributed by atoms with Crippen molar-refractivity contribution < 1.29 is 9.53 Å². The van der Waals surface area contributed by atoms with Crippen molar-refractivity contribution in [3.63, 3.8) is 0 Å². The summed E-state index contributed by atoms with van der Waals surface area (Å²) in [6, 6.07) is 25.9. The molecule has 0 unspecified atom stereocenters. The van der Waals surface area contributed by atoms with Crippen LogP contribution in [0.25, 0.3) is 23.0 Å². The van der Waals surface area contributed by atoms with Gasteiger partial charge in [0.05, 0.1) is 23.2 Å². The fourth-order valence-electron chi connectivity index (χ4n) is 4.21. The first kappa shape index (κ1) is 25.0. The van der Waals surface area contributed by atoms with E-state index in [2.05, 4.69) is 0 Å². The van der Waals surface area contributed by atoms with Gasteiger partial charge in [-0.3, -0.25) is 9.69 Å². The van der Waals surface area contributed by atoms with Gasteiger partial charge in [-0.25, -0.2) is 4.68 Å². The van der Waals surface area contributed by atoms with E-state index in [0.29, 0.717) is 15.8 Å². The van der Waals surface area contributed by atoms with Gasteiger partial charge in [0.15, 0.2) is 0 Å². The van der Waals surface area contributed by atoms with Gasteiger partial charge in [-0.05, 0) is 68.3 Å². The zero-order chi connectivity index (χ0) is 25.9. The third kappa shape index (κ3) is 5.53. The van der Waals surface area contributed by atoms with E-state index in [4.69, 9.17) is 22.1 Å². The number of ether oxygens (including phenoxy) is 1. The second kappa shape index (κ2) is 10.7. The molecule has 1 aliphatic rings. The molecule has 1 saturated heterocycles. The third-order valence-electron chi connectivity index (χ3n) is 5.93. The number of nitrogens with zero attached hydrogens (tertiary/aromatic N) is 3. The Kier molecular flexibility index (Phi) is 7.26. The average molecular weight is 526 g/mol. The second-order valence-corrected chi connectivity index (χ2v) is 10.8. The van der Waals surface area contributed by atoms with Crippen LogP contribution in [0, 0.1) is 6.92 Å². The Morgan fingerprint density at radius 3 is 2.41 bits per heavy atom. The maximum atomic E-state index is 13.4. The lowest BCUT2D eigenvalue weighted by molar-refractivity contribution is -0.122. The average Bonchev–Trinajstić information content (AvgIpc) is 3.41. The molecule has 4 aromatic rings. The molecule has 0 N–H and O–H groups in total. The molecule has 3 aromatic carbocycles. The Morgan fingerprint density at radius 2 is 1.73 bits per heavy atom. The molecule has 0 aliphatic carbocycles. The number of thioether (sulfide) groups is 1. The number of amides is 1. The molecule has 0 spiro atoms. The van der Waals surface area contributed by atoms with Crippen molar-refractivity contribution in [2.75, 3.05) is 0 Å². The summed E-state index contributed by atoms with van der Waals surface area (Å²) in [6.07, 6.45) is 3.96. The molecule has 0 bridgehead atoms. The molecule has 186 valence electrons. The van der Waals surface area contributed by atoms with E-state index in [1.165, 1.54) is 11.8 Å². The number of carbonyl (C=O) groups excluding carboxylic acids is 1. The molecule has 1 aliphatic heterocycles. The van der Waals surface area contributed by atoms with Crippen molar-refractivity contribution in [2.45, 2.75) is 33.4 Å². The lowest BCUT2D eigenvalue weighted by atomic mass is 10.0. The van der Waals surface area contributed by atoms with Crippen LogP contribution in [0.2, 0.25) is 0 Å². The Labute approximate surface area is 226 Å². The highest BCUT2D eigenvalue weighted by Crippen LogP contribution is 2.36. The molecule has 5 nitrogen and oxygen atoms in total. The lowest BCUT2D eigenvalue weighted by Crippen LogP contribution is -2.27. The van der Waals surface area contributed by atoms with Crippen LogP contribution in [0.15, 0.2) is 90.0 Å². The van der Waals surface area contributed by atoms with Crippen molar-refractivity contribution >= 4 is 40.3 Å². The normalized spacial score (nSPS) is 14.7. The minimum atomic E-state index is -0.0883. The van der Waals surface area contributed by atoms with Crippen LogP contribution in [-0.2, 0) is 11.3 Å². The van der Waals surface area contributed by atoms with Crippen molar-refractivity contribution in [3.05, 3.63) is 107 Å². The van der Waals surface area contributed by atoms with Gasteiger partial charge in [0, 0.05) is 17.3 Å². The Hall–Kier alpha value is -3.68. The van der Waals surface area contributed by atoms with Crippen LogP contribution in [-0.4, -0.2) is 31.0 Å². The molecule has 0 atom stereocenters. The number of benzene rings is 3. The molecule has 1 fully saturated rings. The maximum absolute atomic E-state index is 13.4. The van der Waals surface area contributed by atoms with Gasteiger partial charge in [-0.1, -0.05) is 72.5 Å². The first-order chi connectivity index (χ1) is 17.9. The Bertz CT molecular complexity index is 1480. The maximum Gasteiger partial charge on any atom is 0.266 e. The van der Waals surface area contributed by atoms with Gasteiger partial charge >= 0.3 is 0 Å². The van der Waals surface area contributed by atoms with Crippen LogP contribution < -0.4 is 4.74 Å². The van der Waals surface area contributed by atoms with E-state index in [9.17, 15) is 4.79 Å². The standard InChI is InChI=1S/C30H27N3O2S2/c1-20(2)35-25-14-15-26(21(3)16-25)28-23(19-33(31-28)24-12-8-5-9-13-24)17-27-29(34)32(30(36)37-27)18-22-10-6-4-7-11-22/h4-17,19-20H,18H2,1-3H3. The minimum absolute atomic E-state index is 0.0883. The Balaban J connectivity index is 1.54. The second-order valence-electron chi connectivity index (χ2n) is 9.11. The molecule has 1 amide bonds. The summed E-state index contributed by atoms with van der Waals surface area (Å²) in [4.78, 5) is 15.6. The largest absolute Gasteiger partial charge is 0.491 e. The minimum Gasteiger partial charge on any atom is -0.491 e. The van der Waals surface area contributed by atoms with E-state index < -0.39 is 0 Å². The molecule has 7 heteroatoms. The zero-order valence-corrected chi connectivity index (χ0v) is 22.6. The molecule has 37 heavy (non-hydrogen) atoms. The fraction of sp³-hybridized carbons (Fsp3) is 0.167. The summed E-state index contributed by atoms with van der Waals surface area (Å²) in [6.45, 7) is 6.52. The first-order valence-electron chi connectivity index (χ1n) is 12.1. The van der Waals surface area contributed by atoms with E-state index in [-0.39, 0.29) is 12.0 Å². The lowest BCUT2D eigenvalue weighted by Gasteiger charge is -2.14. The molecule has 2 heterocycles. The van der Waals surface area contributed by atoms with Crippen LogP contribution in [0.5, 0.6) is 5.75 Å². The number of rotatable bonds is 7. The van der Waals surface area contributed by atoms with Crippen molar-refractivity contribution in [1.29, 1.82) is 0 Å². The fourth-order valence-corrected chi connectivity index (χ4v) is 5.45. The summed E-state index contributed by atoms with van der Waals surface area (Å²) in [5, 5.41) is 4.94. The number of hydrogen-bond acceptors (Lipinski definition) is 5. The highest BCUT2D eigenvalue weighted by atomic mass is 32.2. The third-order valence-corrected chi connectivity index (χ3v) is 7.31. The number of aryl methyl sites for hydroxylation is 1. The Morgan fingerprint density at radius 1 is 1.03 bits per heavy atom. The quantitative estimate of drug-likeness (QED) is 0.191. The monoisotopic (exact) mass is 525 g/mol. The van der Waals surface area contributed by atoms with Crippen molar-refractivity contribution in [2.24, 2.45) is 0 Å². The summed E-state index contributed by atoms with van der Waals surface area (Å²) < 4.78 is 8.29. The summed E-state index contributed by atoms with van der Waals surface area (Å²) in [5.74, 6) is 0.733. The van der Waals surface area contributed by atoms with E-state index in [1.807, 2.05) is 117 Å². The number of hydrogen-bond donors (Lipinski definition) is 0. The molecule has 0 radical (unpaired) electrons. The summed E-state index contributed by atoms with van der Waals surface area (Å²) >= 11 is 6.91. The SMILES string of the molecule is Cc1cc(OC(C)C)ccc1-c1nn(-c2ccccc2)cc1C=C1SC(=S)N(Cc2ccccc2)C1=O. The van der Waals surface area contributed by atoms with Crippen LogP contribution in [0.4, 0.5) is 0 Å². The molecule has 0 saturated carbocycles. The zero-order valence-electron chi connectivity index (χ0n) is 20.9. The van der Waals surface area contributed by atoms with Gasteiger partial charge in [0.2, 0.25) is 0 Å². The molecular weight excluding hydrogens is 498 g/mol. The topological polar surface area (TPSA) is 47.4 Å². The summed E-state index contributed by atoms with van der Waals surface area (Å²) in [5.41, 5.74) is 5.66. The number of thiocarbonyl (C=S) groups is 1. The van der Waals surface area contributed by atoms with Gasteiger partial charge in [0.25, 0.3) is 5.91 Å². The molecule has 5 rings (SSSR count). The number of para-hydroxylation sites is 1. The molecule has 1 aromatic heterocycles.